The molecule has 0 fully saturated rings. The Kier molecular flexibility index (Phi) is 4.70. The number of rotatable bonds is 4. The second-order valence-electron chi connectivity index (χ2n) is 5.11. The van der Waals surface area contributed by atoms with Crippen molar-refractivity contribution in [2.45, 2.75) is 17.7 Å². The van der Waals surface area contributed by atoms with Crippen LogP contribution in [0.25, 0.3) is 11.1 Å². The van der Waals surface area contributed by atoms with Crippen molar-refractivity contribution in [1.82, 2.24) is 9.97 Å². The molecular weight excluding hydrogens is 302 g/mol. The predicted octanol–water partition coefficient (Wildman–Crippen LogP) is 4.62. The summed E-state index contributed by atoms with van der Waals surface area (Å²) in [5.74, 6) is 0.793. The van der Waals surface area contributed by atoms with Crippen LogP contribution < -0.4 is 0 Å². The maximum absolute atomic E-state index is 9.63. The van der Waals surface area contributed by atoms with Gasteiger partial charge in [0.15, 0.2) is 0 Å². The first-order valence-electron chi connectivity index (χ1n) is 7.27. The van der Waals surface area contributed by atoms with E-state index in [1.165, 1.54) is 5.56 Å². The van der Waals surface area contributed by atoms with Crippen LogP contribution in [0.2, 0.25) is 0 Å². The van der Waals surface area contributed by atoms with Crippen LogP contribution in [0.4, 0.5) is 0 Å². The van der Waals surface area contributed by atoms with Gasteiger partial charge in [0.05, 0.1) is 5.56 Å². The number of hydrogen-bond acceptors (Lipinski definition) is 4. The summed E-state index contributed by atoms with van der Waals surface area (Å²) in [6.07, 6.45) is 3.48. The number of aryl methyl sites for hydroxylation is 1. The van der Waals surface area contributed by atoms with E-state index in [0.29, 0.717) is 5.56 Å². The van der Waals surface area contributed by atoms with E-state index in [4.69, 9.17) is 0 Å². The monoisotopic (exact) mass is 317 g/mol. The highest BCUT2D eigenvalue weighted by atomic mass is 32.2. The number of benzene rings is 1. The van der Waals surface area contributed by atoms with Crippen molar-refractivity contribution in [2.24, 2.45) is 0 Å². The molecule has 1 aromatic carbocycles. The molecule has 3 rings (SSSR count). The largest absolute Gasteiger partial charge is 0.265 e. The van der Waals surface area contributed by atoms with Crippen LogP contribution in [-0.2, 0) is 5.75 Å². The van der Waals surface area contributed by atoms with Gasteiger partial charge >= 0.3 is 0 Å². The van der Waals surface area contributed by atoms with Gasteiger partial charge in [-0.3, -0.25) is 4.98 Å². The molecule has 112 valence electrons. The topological polar surface area (TPSA) is 49.6 Å². The third-order valence-corrected chi connectivity index (χ3v) is 4.48. The standard InChI is InChI=1S/C19H15N3S/c1-14-11-17(16-7-9-21-10-8-16)18(12-20)19(22-14)23-13-15-5-3-2-4-6-15/h2-11H,13H2,1H3. The average molecular weight is 317 g/mol. The summed E-state index contributed by atoms with van der Waals surface area (Å²) in [6, 6.07) is 18.3. The van der Waals surface area contributed by atoms with E-state index in [1.807, 2.05) is 43.3 Å². The minimum Gasteiger partial charge on any atom is -0.265 e. The molecule has 2 heterocycles. The number of nitriles is 1. The third-order valence-electron chi connectivity index (χ3n) is 3.44. The van der Waals surface area contributed by atoms with Gasteiger partial charge in [-0.2, -0.15) is 5.26 Å². The van der Waals surface area contributed by atoms with E-state index in [0.717, 1.165) is 27.6 Å². The number of aromatic nitrogens is 2. The SMILES string of the molecule is Cc1cc(-c2ccncc2)c(C#N)c(SCc2ccccc2)n1. The van der Waals surface area contributed by atoms with Gasteiger partial charge < -0.3 is 0 Å². The summed E-state index contributed by atoms with van der Waals surface area (Å²) in [5, 5.41) is 10.4. The molecule has 23 heavy (non-hydrogen) atoms. The Morgan fingerprint density at radius 3 is 2.52 bits per heavy atom. The summed E-state index contributed by atoms with van der Waals surface area (Å²) in [4.78, 5) is 8.61. The zero-order chi connectivity index (χ0) is 16.1. The molecule has 0 saturated heterocycles. The van der Waals surface area contributed by atoms with Crippen molar-refractivity contribution in [1.29, 1.82) is 5.26 Å². The normalized spacial score (nSPS) is 10.3. The summed E-state index contributed by atoms with van der Waals surface area (Å²) in [5.41, 5.74) is 4.66. The molecule has 2 aromatic heterocycles. The van der Waals surface area contributed by atoms with E-state index in [2.05, 4.69) is 28.2 Å². The lowest BCUT2D eigenvalue weighted by molar-refractivity contribution is 1.05. The Balaban J connectivity index is 1.97. The van der Waals surface area contributed by atoms with Crippen molar-refractivity contribution in [3.05, 3.63) is 77.7 Å². The van der Waals surface area contributed by atoms with Gasteiger partial charge in [-0.1, -0.05) is 30.3 Å². The highest BCUT2D eigenvalue weighted by molar-refractivity contribution is 7.98. The highest BCUT2D eigenvalue weighted by Gasteiger charge is 2.13. The molecule has 3 aromatic rings. The van der Waals surface area contributed by atoms with Crippen molar-refractivity contribution >= 4 is 11.8 Å². The van der Waals surface area contributed by atoms with Crippen molar-refractivity contribution in [3.8, 4) is 17.2 Å². The maximum Gasteiger partial charge on any atom is 0.115 e. The molecule has 4 heteroatoms. The smallest absolute Gasteiger partial charge is 0.115 e. The lowest BCUT2D eigenvalue weighted by atomic mass is 10.0. The van der Waals surface area contributed by atoms with Crippen LogP contribution in [0.3, 0.4) is 0 Å². The highest BCUT2D eigenvalue weighted by Crippen LogP contribution is 2.32. The van der Waals surface area contributed by atoms with Gasteiger partial charge in [0, 0.05) is 29.4 Å². The van der Waals surface area contributed by atoms with Crippen LogP contribution in [0.5, 0.6) is 0 Å². The molecule has 0 unspecified atom stereocenters. The van der Waals surface area contributed by atoms with Crippen molar-refractivity contribution < 1.29 is 0 Å². The summed E-state index contributed by atoms with van der Waals surface area (Å²) < 4.78 is 0. The van der Waals surface area contributed by atoms with E-state index < -0.39 is 0 Å². The van der Waals surface area contributed by atoms with E-state index in [1.54, 1.807) is 24.2 Å². The second-order valence-corrected chi connectivity index (χ2v) is 6.08. The van der Waals surface area contributed by atoms with Gasteiger partial charge in [0.25, 0.3) is 0 Å². The molecular formula is C19H15N3S. The number of pyridine rings is 2. The van der Waals surface area contributed by atoms with Crippen LogP contribution in [0, 0.1) is 18.3 Å². The quantitative estimate of drug-likeness (QED) is 0.659. The fourth-order valence-corrected chi connectivity index (χ4v) is 3.35. The van der Waals surface area contributed by atoms with E-state index in [9.17, 15) is 5.26 Å². The second kappa shape index (κ2) is 7.08. The van der Waals surface area contributed by atoms with Crippen molar-refractivity contribution in [3.63, 3.8) is 0 Å². The molecule has 0 bridgehead atoms. The zero-order valence-electron chi connectivity index (χ0n) is 12.7. The lowest BCUT2D eigenvalue weighted by Gasteiger charge is -2.10. The Bertz CT molecular complexity index is 840. The predicted molar refractivity (Wildman–Crippen MR) is 92.9 cm³/mol. The van der Waals surface area contributed by atoms with Gasteiger partial charge in [-0.25, -0.2) is 4.98 Å². The Labute approximate surface area is 140 Å². The molecule has 0 N–H and O–H groups in total. The lowest BCUT2D eigenvalue weighted by Crippen LogP contribution is -1.95. The first-order chi connectivity index (χ1) is 11.3. The zero-order valence-corrected chi connectivity index (χ0v) is 13.5. The van der Waals surface area contributed by atoms with Crippen LogP contribution >= 0.6 is 11.8 Å². The number of hydrogen-bond donors (Lipinski definition) is 0. The van der Waals surface area contributed by atoms with E-state index in [-0.39, 0.29) is 0 Å². The molecule has 0 radical (unpaired) electrons. The van der Waals surface area contributed by atoms with Crippen LogP contribution in [0.15, 0.2) is 66.0 Å². The fourth-order valence-electron chi connectivity index (χ4n) is 2.34. The summed E-state index contributed by atoms with van der Waals surface area (Å²) in [6.45, 7) is 1.96. The van der Waals surface area contributed by atoms with Crippen molar-refractivity contribution in [2.75, 3.05) is 0 Å². The summed E-state index contributed by atoms with van der Waals surface area (Å²) >= 11 is 1.60. The minimum absolute atomic E-state index is 0.628. The third kappa shape index (κ3) is 3.58. The molecule has 0 amide bonds. The van der Waals surface area contributed by atoms with Gasteiger partial charge in [0.2, 0.25) is 0 Å². The van der Waals surface area contributed by atoms with Crippen LogP contribution in [0.1, 0.15) is 16.8 Å². The first-order valence-corrected chi connectivity index (χ1v) is 8.25. The molecule has 0 saturated carbocycles. The van der Waals surface area contributed by atoms with E-state index >= 15 is 0 Å². The Hall–Kier alpha value is -2.64. The summed E-state index contributed by atoms with van der Waals surface area (Å²) in [7, 11) is 0. The Morgan fingerprint density at radius 1 is 1.09 bits per heavy atom. The Morgan fingerprint density at radius 2 is 1.83 bits per heavy atom. The fraction of sp³-hybridized carbons (Fsp3) is 0.105. The number of thioether (sulfide) groups is 1. The van der Waals surface area contributed by atoms with Gasteiger partial charge in [-0.05, 0) is 36.2 Å². The molecule has 0 aliphatic heterocycles. The van der Waals surface area contributed by atoms with Gasteiger partial charge in [-0.15, -0.1) is 11.8 Å². The number of nitrogens with zero attached hydrogens (tertiary/aromatic N) is 3. The first kappa shape index (κ1) is 15.3. The van der Waals surface area contributed by atoms with Gasteiger partial charge in [0.1, 0.15) is 11.1 Å². The average Bonchev–Trinajstić information content (AvgIpc) is 2.61. The molecule has 3 nitrogen and oxygen atoms in total. The molecule has 0 spiro atoms. The maximum atomic E-state index is 9.63. The molecule has 0 aliphatic rings. The van der Waals surface area contributed by atoms with Crippen LogP contribution in [-0.4, -0.2) is 9.97 Å². The molecule has 0 atom stereocenters. The minimum atomic E-state index is 0.628. The molecule has 0 aliphatic carbocycles.